The van der Waals surface area contributed by atoms with Crippen molar-refractivity contribution in [1.29, 1.82) is 0 Å². The zero-order chi connectivity index (χ0) is 16.4. The van der Waals surface area contributed by atoms with Crippen LogP contribution in [-0.2, 0) is 4.79 Å². The van der Waals surface area contributed by atoms with Crippen LogP contribution in [0.1, 0.15) is 18.1 Å². The van der Waals surface area contributed by atoms with Gasteiger partial charge in [-0.15, -0.1) is 5.10 Å². The van der Waals surface area contributed by atoms with Crippen molar-refractivity contribution in [2.24, 2.45) is 10.2 Å². The summed E-state index contributed by atoms with van der Waals surface area (Å²) < 4.78 is 0.823. The molecule has 0 bridgehead atoms. The molecular formula is C17H14BrN3O2. The fraction of sp³-hybridized carbons (Fsp3) is 0.118. The van der Waals surface area contributed by atoms with Crippen molar-refractivity contribution in [3.8, 4) is 5.75 Å². The molecule has 6 heteroatoms. The van der Waals surface area contributed by atoms with E-state index >= 15 is 0 Å². The summed E-state index contributed by atoms with van der Waals surface area (Å²) in [5.41, 5.74) is 2.46. The molecule has 1 aliphatic rings. The van der Waals surface area contributed by atoms with Crippen molar-refractivity contribution in [2.75, 3.05) is 11.4 Å². The maximum Gasteiger partial charge on any atom is 0.279 e. The Morgan fingerprint density at radius 2 is 2.04 bits per heavy atom. The number of rotatable bonds is 3. The van der Waals surface area contributed by atoms with Crippen LogP contribution in [-0.4, -0.2) is 29.5 Å². The van der Waals surface area contributed by atoms with Gasteiger partial charge in [0.15, 0.2) is 5.71 Å². The summed E-state index contributed by atoms with van der Waals surface area (Å²) in [4.78, 5) is 14.1. The lowest BCUT2D eigenvalue weighted by molar-refractivity contribution is -0.112. The molecule has 1 amide bonds. The monoisotopic (exact) mass is 371 g/mol. The second-order valence-electron chi connectivity index (χ2n) is 4.96. The molecule has 0 aromatic heterocycles. The SMILES string of the molecule is CCN1C(=O)/C(=N/N=C/c2cc(Br)ccc2O)c2ccccc21. The Morgan fingerprint density at radius 3 is 2.83 bits per heavy atom. The third kappa shape index (κ3) is 2.90. The van der Waals surface area contributed by atoms with Crippen molar-refractivity contribution in [1.82, 2.24) is 0 Å². The van der Waals surface area contributed by atoms with Gasteiger partial charge in [0.05, 0.1) is 11.9 Å². The van der Waals surface area contributed by atoms with Gasteiger partial charge in [0.25, 0.3) is 5.91 Å². The number of likely N-dealkylation sites (N-methyl/N-ethyl adjacent to an activating group) is 1. The fourth-order valence-electron chi connectivity index (χ4n) is 2.45. The molecule has 1 heterocycles. The van der Waals surface area contributed by atoms with Gasteiger partial charge in [0, 0.05) is 22.1 Å². The summed E-state index contributed by atoms with van der Waals surface area (Å²) in [6.07, 6.45) is 1.43. The largest absolute Gasteiger partial charge is 0.507 e. The number of phenolic OH excluding ortho intramolecular Hbond substituents is 1. The molecule has 1 aliphatic heterocycles. The van der Waals surface area contributed by atoms with Crippen molar-refractivity contribution < 1.29 is 9.90 Å². The highest BCUT2D eigenvalue weighted by Gasteiger charge is 2.32. The number of hydrogen-bond donors (Lipinski definition) is 1. The van der Waals surface area contributed by atoms with E-state index in [9.17, 15) is 9.90 Å². The molecule has 0 atom stereocenters. The number of hydrogen-bond acceptors (Lipinski definition) is 4. The second-order valence-corrected chi connectivity index (χ2v) is 5.88. The number of aromatic hydroxyl groups is 1. The normalized spacial score (nSPS) is 15.7. The lowest BCUT2D eigenvalue weighted by Gasteiger charge is -2.12. The molecule has 0 radical (unpaired) electrons. The zero-order valence-electron chi connectivity index (χ0n) is 12.4. The van der Waals surface area contributed by atoms with Gasteiger partial charge >= 0.3 is 0 Å². The van der Waals surface area contributed by atoms with Crippen molar-refractivity contribution in [2.45, 2.75) is 6.92 Å². The molecule has 0 unspecified atom stereocenters. The van der Waals surface area contributed by atoms with E-state index in [1.54, 1.807) is 23.1 Å². The highest BCUT2D eigenvalue weighted by atomic mass is 79.9. The first-order valence-corrected chi connectivity index (χ1v) is 7.92. The van der Waals surface area contributed by atoms with Crippen LogP contribution in [0.5, 0.6) is 5.75 Å². The first-order valence-electron chi connectivity index (χ1n) is 7.12. The molecule has 23 heavy (non-hydrogen) atoms. The average molecular weight is 372 g/mol. The predicted molar refractivity (Wildman–Crippen MR) is 94.4 cm³/mol. The number of benzene rings is 2. The van der Waals surface area contributed by atoms with Crippen LogP contribution in [0.3, 0.4) is 0 Å². The van der Waals surface area contributed by atoms with Crippen LogP contribution in [0.4, 0.5) is 5.69 Å². The first kappa shape index (κ1) is 15.4. The molecule has 116 valence electrons. The summed E-state index contributed by atoms with van der Waals surface area (Å²) in [6.45, 7) is 2.49. The van der Waals surface area contributed by atoms with Crippen molar-refractivity contribution in [3.63, 3.8) is 0 Å². The van der Waals surface area contributed by atoms with Gasteiger partial charge < -0.3 is 10.0 Å². The molecule has 5 nitrogen and oxygen atoms in total. The summed E-state index contributed by atoms with van der Waals surface area (Å²) >= 11 is 3.33. The summed E-state index contributed by atoms with van der Waals surface area (Å²) in [6, 6.07) is 12.5. The van der Waals surface area contributed by atoms with E-state index in [4.69, 9.17) is 0 Å². The molecular weight excluding hydrogens is 358 g/mol. The van der Waals surface area contributed by atoms with E-state index in [1.165, 1.54) is 6.21 Å². The predicted octanol–water partition coefficient (Wildman–Crippen LogP) is 3.34. The number of para-hydroxylation sites is 1. The van der Waals surface area contributed by atoms with Gasteiger partial charge in [0.1, 0.15) is 5.75 Å². The smallest absolute Gasteiger partial charge is 0.279 e. The lowest BCUT2D eigenvalue weighted by atomic mass is 10.1. The lowest BCUT2D eigenvalue weighted by Crippen LogP contribution is -2.29. The van der Waals surface area contributed by atoms with Gasteiger partial charge in [-0.25, -0.2) is 0 Å². The third-order valence-corrected chi connectivity index (χ3v) is 4.05. The maximum absolute atomic E-state index is 12.4. The number of anilines is 1. The quantitative estimate of drug-likeness (QED) is 0.664. The van der Waals surface area contributed by atoms with E-state index in [-0.39, 0.29) is 11.7 Å². The van der Waals surface area contributed by atoms with Crippen LogP contribution < -0.4 is 4.90 Å². The molecule has 2 aromatic carbocycles. The highest BCUT2D eigenvalue weighted by molar-refractivity contribution is 9.10. The van der Waals surface area contributed by atoms with Crippen LogP contribution in [0.15, 0.2) is 57.1 Å². The van der Waals surface area contributed by atoms with Gasteiger partial charge in [0.2, 0.25) is 0 Å². The Hall–Kier alpha value is -2.47. The molecule has 0 saturated carbocycles. The summed E-state index contributed by atoms with van der Waals surface area (Å²) in [7, 11) is 0. The van der Waals surface area contributed by atoms with Crippen LogP contribution in [0.25, 0.3) is 0 Å². The minimum Gasteiger partial charge on any atom is -0.507 e. The molecule has 0 saturated heterocycles. The van der Waals surface area contributed by atoms with Crippen LogP contribution in [0.2, 0.25) is 0 Å². The standard InChI is InChI=1S/C17H14BrN3O2/c1-2-21-14-6-4-3-5-13(14)16(17(21)23)20-19-10-11-9-12(18)7-8-15(11)22/h3-10,22H,2H2,1H3/b19-10+,20-16+. The highest BCUT2D eigenvalue weighted by Crippen LogP contribution is 2.28. The van der Waals surface area contributed by atoms with Crippen molar-refractivity contribution >= 4 is 39.5 Å². The second kappa shape index (κ2) is 6.34. The number of carbonyl (C=O) groups is 1. The minimum atomic E-state index is -0.163. The van der Waals surface area contributed by atoms with Gasteiger partial charge in [-0.2, -0.15) is 5.10 Å². The zero-order valence-corrected chi connectivity index (χ0v) is 14.0. The Kier molecular flexibility index (Phi) is 4.25. The fourth-order valence-corrected chi connectivity index (χ4v) is 2.83. The van der Waals surface area contributed by atoms with E-state index in [1.807, 2.05) is 31.2 Å². The number of amides is 1. The van der Waals surface area contributed by atoms with Gasteiger partial charge in [-0.3, -0.25) is 4.79 Å². The van der Waals surface area contributed by atoms with Gasteiger partial charge in [-0.1, -0.05) is 34.1 Å². The molecule has 0 fully saturated rings. The number of carbonyl (C=O) groups excluding carboxylic acids is 1. The number of phenols is 1. The topological polar surface area (TPSA) is 65.3 Å². The third-order valence-electron chi connectivity index (χ3n) is 3.56. The van der Waals surface area contributed by atoms with Crippen LogP contribution >= 0.6 is 15.9 Å². The molecule has 1 N–H and O–H groups in total. The van der Waals surface area contributed by atoms with Crippen molar-refractivity contribution in [3.05, 3.63) is 58.1 Å². The van der Waals surface area contributed by atoms with Gasteiger partial charge in [-0.05, 0) is 31.2 Å². The molecule has 0 aliphatic carbocycles. The van der Waals surface area contributed by atoms with Crippen LogP contribution in [0, 0.1) is 0 Å². The van der Waals surface area contributed by atoms with E-state index in [0.717, 1.165) is 15.7 Å². The Balaban J connectivity index is 1.95. The molecule has 2 aromatic rings. The number of halogens is 1. The summed E-state index contributed by atoms with van der Waals surface area (Å²) in [5, 5.41) is 17.8. The maximum atomic E-state index is 12.4. The van der Waals surface area contributed by atoms with E-state index < -0.39 is 0 Å². The first-order chi connectivity index (χ1) is 11.1. The average Bonchev–Trinajstić information content (AvgIpc) is 2.82. The Labute approximate surface area is 142 Å². The number of fused-ring (bicyclic) bond motifs is 1. The molecule has 0 spiro atoms. The van der Waals surface area contributed by atoms with E-state index in [2.05, 4.69) is 26.1 Å². The molecule has 3 rings (SSSR count). The number of nitrogens with zero attached hydrogens (tertiary/aromatic N) is 3. The minimum absolute atomic E-state index is 0.102. The van der Waals surface area contributed by atoms with E-state index in [0.29, 0.717) is 17.8 Å². The summed E-state index contributed by atoms with van der Waals surface area (Å²) in [5.74, 6) is -0.0604. The Bertz CT molecular complexity index is 830. The Morgan fingerprint density at radius 1 is 1.26 bits per heavy atom.